The SMILES string of the molecule is CC1CCCCN1C(C)CNC(=O)C1CCCCC1(C)N. The Morgan fingerprint density at radius 3 is 2.71 bits per heavy atom. The lowest BCUT2D eigenvalue weighted by Gasteiger charge is -2.40. The number of hydrogen-bond donors (Lipinski definition) is 2. The van der Waals surface area contributed by atoms with Crippen LogP contribution in [0.2, 0.25) is 0 Å². The molecule has 1 saturated carbocycles. The summed E-state index contributed by atoms with van der Waals surface area (Å²) in [4.78, 5) is 15.0. The maximum absolute atomic E-state index is 12.5. The number of carbonyl (C=O) groups excluding carboxylic acids is 1. The summed E-state index contributed by atoms with van der Waals surface area (Å²) in [5, 5.41) is 3.17. The van der Waals surface area contributed by atoms with Crippen molar-refractivity contribution >= 4 is 5.91 Å². The van der Waals surface area contributed by atoms with Gasteiger partial charge in [-0.05, 0) is 53.0 Å². The van der Waals surface area contributed by atoms with Crippen molar-refractivity contribution in [1.82, 2.24) is 10.2 Å². The van der Waals surface area contributed by atoms with Crippen LogP contribution in [0.3, 0.4) is 0 Å². The Morgan fingerprint density at radius 1 is 1.33 bits per heavy atom. The molecule has 1 saturated heterocycles. The number of rotatable bonds is 4. The minimum Gasteiger partial charge on any atom is -0.354 e. The van der Waals surface area contributed by atoms with Crippen LogP contribution in [0.15, 0.2) is 0 Å². The van der Waals surface area contributed by atoms with Gasteiger partial charge in [-0.3, -0.25) is 9.69 Å². The lowest BCUT2D eigenvalue weighted by molar-refractivity contribution is -0.128. The van der Waals surface area contributed by atoms with E-state index in [4.69, 9.17) is 5.73 Å². The van der Waals surface area contributed by atoms with Crippen molar-refractivity contribution in [1.29, 1.82) is 0 Å². The molecule has 1 amide bonds. The quantitative estimate of drug-likeness (QED) is 0.836. The third-order valence-electron chi connectivity index (χ3n) is 5.56. The molecule has 0 bridgehead atoms. The zero-order chi connectivity index (χ0) is 15.5. The largest absolute Gasteiger partial charge is 0.354 e. The second kappa shape index (κ2) is 7.10. The Kier molecular flexibility index (Phi) is 5.67. The van der Waals surface area contributed by atoms with Gasteiger partial charge in [-0.2, -0.15) is 0 Å². The molecule has 0 aromatic rings. The summed E-state index contributed by atoms with van der Waals surface area (Å²) in [6, 6.07) is 1.05. The third-order valence-corrected chi connectivity index (χ3v) is 5.56. The fraction of sp³-hybridized carbons (Fsp3) is 0.941. The second-order valence-electron chi connectivity index (χ2n) is 7.48. The first-order chi connectivity index (χ1) is 9.92. The van der Waals surface area contributed by atoms with E-state index in [9.17, 15) is 4.79 Å². The summed E-state index contributed by atoms with van der Waals surface area (Å²) < 4.78 is 0. The zero-order valence-electron chi connectivity index (χ0n) is 14.0. The molecule has 2 rings (SSSR count). The van der Waals surface area contributed by atoms with Crippen molar-refractivity contribution < 1.29 is 4.79 Å². The van der Waals surface area contributed by atoms with Crippen LogP contribution in [0.25, 0.3) is 0 Å². The average Bonchev–Trinajstić information content (AvgIpc) is 2.44. The fourth-order valence-corrected chi connectivity index (χ4v) is 4.05. The van der Waals surface area contributed by atoms with Crippen molar-refractivity contribution in [2.45, 2.75) is 83.3 Å². The van der Waals surface area contributed by atoms with Gasteiger partial charge in [0.15, 0.2) is 0 Å². The molecule has 0 radical (unpaired) electrons. The lowest BCUT2D eigenvalue weighted by Crippen LogP contribution is -2.55. The fourth-order valence-electron chi connectivity index (χ4n) is 4.05. The van der Waals surface area contributed by atoms with Gasteiger partial charge in [0.25, 0.3) is 0 Å². The lowest BCUT2D eigenvalue weighted by atomic mass is 9.74. The maximum atomic E-state index is 12.5. The summed E-state index contributed by atoms with van der Waals surface area (Å²) in [6.45, 7) is 8.47. The zero-order valence-corrected chi connectivity index (χ0v) is 14.0. The van der Waals surface area contributed by atoms with Gasteiger partial charge in [0.05, 0.1) is 5.92 Å². The molecule has 0 aromatic carbocycles. The van der Waals surface area contributed by atoms with Crippen LogP contribution in [0.4, 0.5) is 0 Å². The van der Waals surface area contributed by atoms with Crippen molar-refractivity contribution in [3.05, 3.63) is 0 Å². The monoisotopic (exact) mass is 295 g/mol. The summed E-state index contributed by atoms with van der Waals surface area (Å²) in [5.74, 6) is 0.147. The standard InChI is InChI=1S/C17H33N3O/c1-13-8-5-7-11-20(13)14(2)12-19-16(21)15-9-4-6-10-17(15,3)18/h13-15H,4-12,18H2,1-3H3,(H,19,21). The van der Waals surface area contributed by atoms with E-state index < -0.39 is 0 Å². The Balaban J connectivity index is 1.82. The van der Waals surface area contributed by atoms with E-state index in [1.165, 1.54) is 19.3 Å². The van der Waals surface area contributed by atoms with E-state index in [-0.39, 0.29) is 17.4 Å². The Hall–Kier alpha value is -0.610. The number of piperidine rings is 1. The minimum atomic E-state index is -0.329. The van der Waals surface area contributed by atoms with Gasteiger partial charge in [0.1, 0.15) is 0 Å². The van der Waals surface area contributed by atoms with Gasteiger partial charge in [-0.15, -0.1) is 0 Å². The number of nitrogens with two attached hydrogens (primary N) is 1. The number of amides is 1. The van der Waals surface area contributed by atoms with E-state index in [1.807, 2.05) is 6.92 Å². The number of carbonyl (C=O) groups is 1. The third kappa shape index (κ3) is 4.19. The van der Waals surface area contributed by atoms with Crippen molar-refractivity contribution in [2.75, 3.05) is 13.1 Å². The molecule has 1 aliphatic carbocycles. The van der Waals surface area contributed by atoms with Crippen LogP contribution in [0.5, 0.6) is 0 Å². The summed E-state index contributed by atoms with van der Waals surface area (Å²) in [5.41, 5.74) is 5.99. The molecule has 1 heterocycles. The Morgan fingerprint density at radius 2 is 2.05 bits per heavy atom. The number of nitrogens with one attached hydrogen (secondary N) is 1. The van der Waals surface area contributed by atoms with Gasteiger partial charge in [0.2, 0.25) is 5.91 Å². The van der Waals surface area contributed by atoms with Crippen LogP contribution >= 0.6 is 0 Å². The van der Waals surface area contributed by atoms with Crippen molar-refractivity contribution in [3.63, 3.8) is 0 Å². The highest BCUT2D eigenvalue weighted by Crippen LogP contribution is 2.31. The average molecular weight is 295 g/mol. The first kappa shape index (κ1) is 16.8. The smallest absolute Gasteiger partial charge is 0.225 e. The van der Waals surface area contributed by atoms with Crippen LogP contribution in [0, 0.1) is 5.92 Å². The molecule has 1 aliphatic heterocycles. The van der Waals surface area contributed by atoms with E-state index in [2.05, 4.69) is 24.1 Å². The molecule has 2 aliphatic rings. The molecule has 4 nitrogen and oxygen atoms in total. The van der Waals surface area contributed by atoms with Gasteiger partial charge in [-0.1, -0.05) is 19.3 Å². The predicted molar refractivity (Wildman–Crippen MR) is 87.0 cm³/mol. The topological polar surface area (TPSA) is 58.4 Å². The summed E-state index contributed by atoms with van der Waals surface area (Å²) in [7, 11) is 0. The minimum absolute atomic E-state index is 0.0165. The number of likely N-dealkylation sites (tertiary alicyclic amines) is 1. The molecule has 4 heteroatoms. The van der Waals surface area contributed by atoms with Gasteiger partial charge in [0, 0.05) is 24.2 Å². The van der Waals surface area contributed by atoms with Gasteiger partial charge >= 0.3 is 0 Å². The molecular weight excluding hydrogens is 262 g/mol. The summed E-state index contributed by atoms with van der Waals surface area (Å²) in [6.07, 6.45) is 8.08. The molecule has 4 atom stereocenters. The van der Waals surface area contributed by atoms with Crippen LogP contribution in [0.1, 0.15) is 65.7 Å². The second-order valence-corrected chi connectivity index (χ2v) is 7.48. The molecule has 4 unspecified atom stereocenters. The number of nitrogens with zero attached hydrogens (tertiary/aromatic N) is 1. The highest BCUT2D eigenvalue weighted by Gasteiger charge is 2.37. The Labute approximate surface area is 129 Å². The molecule has 2 fully saturated rings. The summed E-state index contributed by atoms with van der Waals surface area (Å²) >= 11 is 0. The highest BCUT2D eigenvalue weighted by molar-refractivity contribution is 5.80. The first-order valence-corrected chi connectivity index (χ1v) is 8.74. The van der Waals surface area contributed by atoms with E-state index >= 15 is 0 Å². The van der Waals surface area contributed by atoms with Crippen LogP contribution in [-0.4, -0.2) is 41.5 Å². The van der Waals surface area contributed by atoms with Crippen molar-refractivity contribution in [2.24, 2.45) is 11.7 Å². The molecule has 122 valence electrons. The Bertz CT molecular complexity index is 356. The predicted octanol–water partition coefficient (Wildman–Crippen LogP) is 2.27. The van der Waals surface area contributed by atoms with E-state index in [0.717, 1.165) is 38.8 Å². The molecule has 0 spiro atoms. The van der Waals surface area contributed by atoms with E-state index in [0.29, 0.717) is 12.1 Å². The van der Waals surface area contributed by atoms with Crippen LogP contribution in [-0.2, 0) is 4.79 Å². The number of hydrogen-bond acceptors (Lipinski definition) is 3. The molecule has 3 N–H and O–H groups in total. The normalized spacial score (nSPS) is 36.2. The molecule has 21 heavy (non-hydrogen) atoms. The van der Waals surface area contributed by atoms with Gasteiger partial charge < -0.3 is 11.1 Å². The molecular formula is C17H33N3O. The van der Waals surface area contributed by atoms with Crippen LogP contribution < -0.4 is 11.1 Å². The maximum Gasteiger partial charge on any atom is 0.225 e. The molecule has 0 aromatic heterocycles. The van der Waals surface area contributed by atoms with Gasteiger partial charge in [-0.25, -0.2) is 0 Å². The first-order valence-electron chi connectivity index (χ1n) is 8.74. The van der Waals surface area contributed by atoms with Crippen molar-refractivity contribution in [3.8, 4) is 0 Å². The highest BCUT2D eigenvalue weighted by atomic mass is 16.1. The van der Waals surface area contributed by atoms with E-state index in [1.54, 1.807) is 0 Å².